The van der Waals surface area contributed by atoms with Crippen LogP contribution in [0.2, 0.25) is 0 Å². The number of hydrogen-bond acceptors (Lipinski definition) is 3. The van der Waals surface area contributed by atoms with Gasteiger partial charge < -0.3 is 9.26 Å². The Kier molecular flexibility index (Phi) is 3.59. The summed E-state index contributed by atoms with van der Waals surface area (Å²) < 4.78 is 10.4. The molecular weight excluding hydrogens is 222 g/mol. The summed E-state index contributed by atoms with van der Waals surface area (Å²) in [6, 6.07) is 1.79. The molecule has 0 aliphatic carbocycles. The molecule has 0 aliphatic heterocycles. The minimum Gasteiger partial charge on any atom is -0.472 e. The Hall–Kier alpha value is -0.510. The molecule has 0 amide bonds. The van der Waals surface area contributed by atoms with Gasteiger partial charge in [-0.05, 0) is 18.5 Å². The lowest BCUT2D eigenvalue weighted by Crippen LogP contribution is -2.09. The van der Waals surface area contributed by atoms with Crippen molar-refractivity contribution < 1.29 is 9.26 Å². The van der Waals surface area contributed by atoms with Crippen LogP contribution < -0.4 is 4.74 Å². The highest BCUT2D eigenvalue weighted by atomic mass is 79.9. The number of halogens is 1. The van der Waals surface area contributed by atoms with Crippen LogP contribution in [-0.2, 0) is 5.33 Å². The van der Waals surface area contributed by atoms with E-state index in [9.17, 15) is 0 Å². The second-order valence-electron chi connectivity index (χ2n) is 2.60. The highest BCUT2D eigenvalue weighted by Gasteiger charge is 2.06. The quantitative estimate of drug-likeness (QED) is 0.751. The second-order valence-corrected chi connectivity index (χ2v) is 3.16. The molecule has 1 aromatic rings. The molecular formula is C8H12BrNO2. The van der Waals surface area contributed by atoms with Crippen molar-refractivity contribution in [3.8, 4) is 5.88 Å². The van der Waals surface area contributed by atoms with E-state index in [2.05, 4.69) is 28.0 Å². The van der Waals surface area contributed by atoms with Crippen LogP contribution in [0.15, 0.2) is 10.6 Å². The third-order valence-corrected chi connectivity index (χ3v) is 2.12. The molecule has 1 heterocycles. The zero-order chi connectivity index (χ0) is 8.97. The average molecular weight is 234 g/mol. The SMILES string of the molecule is CC[C@@H](C)Oc1cc(CBr)on1. The van der Waals surface area contributed by atoms with Crippen LogP contribution >= 0.6 is 15.9 Å². The largest absolute Gasteiger partial charge is 0.472 e. The van der Waals surface area contributed by atoms with Gasteiger partial charge in [0.1, 0.15) is 0 Å². The lowest BCUT2D eigenvalue weighted by Gasteiger charge is -2.07. The van der Waals surface area contributed by atoms with E-state index in [1.165, 1.54) is 0 Å². The molecule has 0 bridgehead atoms. The van der Waals surface area contributed by atoms with Crippen molar-refractivity contribution in [1.29, 1.82) is 0 Å². The highest BCUT2D eigenvalue weighted by Crippen LogP contribution is 2.15. The molecule has 0 unspecified atom stereocenters. The summed E-state index contributed by atoms with van der Waals surface area (Å²) in [5, 5.41) is 4.42. The van der Waals surface area contributed by atoms with Gasteiger partial charge in [0.05, 0.1) is 11.4 Å². The van der Waals surface area contributed by atoms with Crippen LogP contribution in [0.4, 0.5) is 0 Å². The monoisotopic (exact) mass is 233 g/mol. The number of ether oxygens (including phenoxy) is 1. The summed E-state index contributed by atoms with van der Waals surface area (Å²) in [4.78, 5) is 0. The summed E-state index contributed by atoms with van der Waals surface area (Å²) in [6.45, 7) is 4.07. The zero-order valence-corrected chi connectivity index (χ0v) is 8.80. The van der Waals surface area contributed by atoms with E-state index in [-0.39, 0.29) is 6.10 Å². The smallest absolute Gasteiger partial charge is 0.254 e. The van der Waals surface area contributed by atoms with Gasteiger partial charge >= 0.3 is 0 Å². The van der Waals surface area contributed by atoms with Gasteiger partial charge in [0.2, 0.25) is 0 Å². The van der Waals surface area contributed by atoms with E-state index >= 15 is 0 Å². The molecule has 0 N–H and O–H groups in total. The van der Waals surface area contributed by atoms with Gasteiger partial charge in [-0.2, -0.15) is 0 Å². The third kappa shape index (κ3) is 2.52. The Labute approximate surface area is 80.2 Å². The van der Waals surface area contributed by atoms with Gasteiger partial charge in [-0.1, -0.05) is 22.9 Å². The molecule has 0 saturated carbocycles. The van der Waals surface area contributed by atoms with E-state index in [1.807, 2.05) is 6.92 Å². The van der Waals surface area contributed by atoms with Crippen molar-refractivity contribution in [2.45, 2.75) is 31.7 Å². The van der Waals surface area contributed by atoms with Crippen molar-refractivity contribution in [1.82, 2.24) is 5.16 Å². The number of rotatable bonds is 4. The first kappa shape index (κ1) is 9.58. The van der Waals surface area contributed by atoms with E-state index < -0.39 is 0 Å². The average Bonchev–Trinajstić information content (AvgIpc) is 2.52. The zero-order valence-electron chi connectivity index (χ0n) is 7.21. The Balaban J connectivity index is 2.52. The van der Waals surface area contributed by atoms with Crippen LogP contribution in [-0.4, -0.2) is 11.3 Å². The Bertz CT molecular complexity index is 237. The number of hydrogen-bond donors (Lipinski definition) is 0. The van der Waals surface area contributed by atoms with E-state index in [0.29, 0.717) is 11.2 Å². The minimum absolute atomic E-state index is 0.193. The number of nitrogens with zero attached hydrogens (tertiary/aromatic N) is 1. The van der Waals surface area contributed by atoms with Crippen molar-refractivity contribution >= 4 is 15.9 Å². The first-order valence-electron chi connectivity index (χ1n) is 3.94. The fourth-order valence-electron chi connectivity index (χ4n) is 0.702. The van der Waals surface area contributed by atoms with Crippen LogP contribution in [0, 0.1) is 0 Å². The Morgan fingerprint density at radius 1 is 1.75 bits per heavy atom. The van der Waals surface area contributed by atoms with Crippen LogP contribution in [0.25, 0.3) is 0 Å². The molecule has 12 heavy (non-hydrogen) atoms. The maximum absolute atomic E-state index is 5.42. The minimum atomic E-state index is 0.193. The molecule has 1 aromatic heterocycles. The van der Waals surface area contributed by atoms with Crippen LogP contribution in [0.5, 0.6) is 5.88 Å². The molecule has 0 aromatic carbocycles. The van der Waals surface area contributed by atoms with E-state index in [1.54, 1.807) is 6.07 Å². The summed E-state index contributed by atoms with van der Waals surface area (Å²) in [7, 11) is 0. The molecule has 68 valence electrons. The number of aromatic nitrogens is 1. The third-order valence-electron chi connectivity index (χ3n) is 1.57. The molecule has 0 fully saturated rings. The van der Waals surface area contributed by atoms with Crippen molar-refractivity contribution in [2.75, 3.05) is 0 Å². The first-order valence-corrected chi connectivity index (χ1v) is 5.06. The highest BCUT2D eigenvalue weighted by molar-refractivity contribution is 9.08. The van der Waals surface area contributed by atoms with Gasteiger partial charge in [-0.3, -0.25) is 0 Å². The van der Waals surface area contributed by atoms with Crippen LogP contribution in [0.3, 0.4) is 0 Å². The van der Waals surface area contributed by atoms with Gasteiger partial charge in [0.25, 0.3) is 5.88 Å². The van der Waals surface area contributed by atoms with E-state index in [0.717, 1.165) is 12.2 Å². The molecule has 4 heteroatoms. The summed E-state index contributed by atoms with van der Waals surface area (Å²) >= 11 is 3.26. The predicted molar refractivity (Wildman–Crippen MR) is 49.5 cm³/mol. The molecule has 1 atom stereocenters. The fourth-order valence-corrected chi connectivity index (χ4v) is 0.966. The molecule has 0 spiro atoms. The lowest BCUT2D eigenvalue weighted by molar-refractivity contribution is 0.196. The second kappa shape index (κ2) is 4.50. The topological polar surface area (TPSA) is 35.3 Å². The number of alkyl halides is 1. The van der Waals surface area contributed by atoms with Crippen LogP contribution in [0.1, 0.15) is 26.0 Å². The Morgan fingerprint density at radius 2 is 2.50 bits per heavy atom. The standard InChI is InChI=1S/C8H12BrNO2/c1-3-6(2)11-8-4-7(5-9)12-10-8/h4,6H,3,5H2,1-2H3/t6-/m1/s1. The fraction of sp³-hybridized carbons (Fsp3) is 0.625. The molecule has 3 nitrogen and oxygen atoms in total. The van der Waals surface area contributed by atoms with Gasteiger partial charge in [0.15, 0.2) is 5.76 Å². The first-order chi connectivity index (χ1) is 5.76. The molecule has 0 aliphatic rings. The molecule has 0 radical (unpaired) electrons. The van der Waals surface area contributed by atoms with Gasteiger partial charge in [-0.15, -0.1) is 0 Å². The summed E-state index contributed by atoms with van der Waals surface area (Å²) in [6.07, 6.45) is 1.16. The summed E-state index contributed by atoms with van der Waals surface area (Å²) in [5.74, 6) is 1.35. The lowest BCUT2D eigenvalue weighted by atomic mass is 10.3. The maximum Gasteiger partial charge on any atom is 0.254 e. The molecule has 1 rings (SSSR count). The van der Waals surface area contributed by atoms with Gasteiger partial charge in [-0.25, -0.2) is 0 Å². The molecule has 0 saturated heterocycles. The maximum atomic E-state index is 5.42. The predicted octanol–water partition coefficient (Wildman–Crippen LogP) is 2.75. The van der Waals surface area contributed by atoms with E-state index in [4.69, 9.17) is 9.26 Å². The van der Waals surface area contributed by atoms with Crippen molar-refractivity contribution in [3.05, 3.63) is 11.8 Å². The van der Waals surface area contributed by atoms with Gasteiger partial charge in [0, 0.05) is 6.07 Å². The van der Waals surface area contributed by atoms with Crippen molar-refractivity contribution in [3.63, 3.8) is 0 Å². The van der Waals surface area contributed by atoms with Crippen molar-refractivity contribution in [2.24, 2.45) is 0 Å². The summed E-state index contributed by atoms with van der Waals surface area (Å²) in [5.41, 5.74) is 0. The normalized spacial score (nSPS) is 12.9. The Morgan fingerprint density at radius 3 is 3.00 bits per heavy atom.